The molecule has 0 saturated carbocycles. The monoisotopic (exact) mass is 313 g/mol. The van der Waals surface area contributed by atoms with E-state index in [1.54, 1.807) is 0 Å². The number of phenols is 2. The van der Waals surface area contributed by atoms with Gasteiger partial charge in [-0.15, -0.1) is 0 Å². The Labute approximate surface area is 134 Å². The summed E-state index contributed by atoms with van der Waals surface area (Å²) in [5, 5.41) is 22.7. The van der Waals surface area contributed by atoms with Gasteiger partial charge in [0.05, 0.1) is 0 Å². The van der Waals surface area contributed by atoms with E-state index in [-0.39, 0.29) is 17.1 Å². The van der Waals surface area contributed by atoms with Crippen molar-refractivity contribution in [2.45, 2.75) is 18.4 Å². The van der Waals surface area contributed by atoms with Crippen LogP contribution in [0.3, 0.4) is 0 Å². The van der Waals surface area contributed by atoms with E-state index in [0.29, 0.717) is 12.8 Å². The predicted octanol–water partition coefficient (Wildman–Crippen LogP) is 2.53. The van der Waals surface area contributed by atoms with Crippen molar-refractivity contribution in [3.05, 3.63) is 59.7 Å². The summed E-state index contributed by atoms with van der Waals surface area (Å²) in [6.45, 7) is 1.49. The zero-order valence-corrected chi connectivity index (χ0v) is 12.7. The molecule has 2 aromatic carbocycles. The van der Waals surface area contributed by atoms with Crippen LogP contribution in [-0.2, 0) is 10.3 Å². The average molecular weight is 313 g/mol. The van der Waals surface area contributed by atoms with E-state index in [2.05, 4.69) is 5.32 Å². The SMILES string of the molecule is O=C(OC1(c2ccccc2)CCNCC1)c1cc(O)ccc1O. The highest BCUT2D eigenvalue weighted by Crippen LogP contribution is 2.36. The molecule has 0 aliphatic carbocycles. The summed E-state index contributed by atoms with van der Waals surface area (Å²) in [6, 6.07) is 13.5. The number of ether oxygens (including phenoxy) is 1. The lowest BCUT2D eigenvalue weighted by molar-refractivity contribution is -0.0380. The van der Waals surface area contributed by atoms with Crippen molar-refractivity contribution in [3.8, 4) is 11.5 Å². The number of hydrogen-bond donors (Lipinski definition) is 3. The Morgan fingerprint density at radius 1 is 1.04 bits per heavy atom. The first-order chi connectivity index (χ1) is 11.1. The zero-order chi connectivity index (χ0) is 16.3. The summed E-state index contributed by atoms with van der Waals surface area (Å²) >= 11 is 0. The van der Waals surface area contributed by atoms with Crippen molar-refractivity contribution < 1.29 is 19.7 Å². The number of esters is 1. The second-order valence-electron chi connectivity index (χ2n) is 5.70. The van der Waals surface area contributed by atoms with E-state index in [9.17, 15) is 15.0 Å². The molecule has 1 saturated heterocycles. The van der Waals surface area contributed by atoms with E-state index >= 15 is 0 Å². The number of aromatic hydroxyl groups is 2. The summed E-state index contributed by atoms with van der Waals surface area (Å²) in [6.07, 6.45) is 1.31. The highest BCUT2D eigenvalue weighted by molar-refractivity contribution is 5.93. The van der Waals surface area contributed by atoms with Crippen molar-refractivity contribution in [1.29, 1.82) is 0 Å². The van der Waals surface area contributed by atoms with Crippen LogP contribution in [-0.4, -0.2) is 29.3 Å². The lowest BCUT2D eigenvalue weighted by Crippen LogP contribution is -2.43. The second-order valence-corrected chi connectivity index (χ2v) is 5.70. The van der Waals surface area contributed by atoms with Gasteiger partial charge in [0.1, 0.15) is 22.7 Å². The number of piperidine rings is 1. The van der Waals surface area contributed by atoms with Gasteiger partial charge in [-0.05, 0) is 36.9 Å². The normalized spacial score (nSPS) is 16.7. The zero-order valence-electron chi connectivity index (χ0n) is 12.7. The summed E-state index contributed by atoms with van der Waals surface area (Å²) in [4.78, 5) is 12.6. The number of carbonyl (C=O) groups is 1. The molecule has 5 nitrogen and oxygen atoms in total. The van der Waals surface area contributed by atoms with Crippen molar-refractivity contribution in [2.75, 3.05) is 13.1 Å². The Bertz CT molecular complexity index is 693. The quantitative estimate of drug-likeness (QED) is 0.599. The van der Waals surface area contributed by atoms with Crippen LogP contribution in [0.15, 0.2) is 48.5 Å². The number of hydrogen-bond acceptors (Lipinski definition) is 5. The fourth-order valence-electron chi connectivity index (χ4n) is 2.94. The maximum atomic E-state index is 12.6. The van der Waals surface area contributed by atoms with E-state index in [1.165, 1.54) is 18.2 Å². The van der Waals surface area contributed by atoms with Gasteiger partial charge >= 0.3 is 5.97 Å². The standard InChI is InChI=1S/C18H19NO4/c20-14-6-7-16(21)15(12-14)17(22)23-18(8-10-19-11-9-18)13-4-2-1-3-5-13/h1-7,12,19-21H,8-11H2. The molecule has 120 valence electrons. The van der Waals surface area contributed by atoms with Gasteiger partial charge in [0, 0.05) is 12.8 Å². The number of carbonyl (C=O) groups excluding carboxylic acids is 1. The molecule has 0 spiro atoms. The molecule has 1 aliphatic heterocycles. The van der Waals surface area contributed by atoms with Crippen LogP contribution in [0.25, 0.3) is 0 Å². The molecule has 3 N–H and O–H groups in total. The molecule has 0 bridgehead atoms. The van der Waals surface area contributed by atoms with Crippen LogP contribution in [0, 0.1) is 0 Å². The van der Waals surface area contributed by atoms with Crippen LogP contribution >= 0.6 is 0 Å². The summed E-state index contributed by atoms with van der Waals surface area (Å²) < 4.78 is 5.84. The maximum absolute atomic E-state index is 12.6. The van der Waals surface area contributed by atoms with Crippen molar-refractivity contribution in [3.63, 3.8) is 0 Å². The van der Waals surface area contributed by atoms with Crippen LogP contribution in [0.2, 0.25) is 0 Å². The van der Waals surface area contributed by atoms with Gasteiger partial charge in [0.15, 0.2) is 0 Å². The smallest absolute Gasteiger partial charge is 0.342 e. The molecule has 0 atom stereocenters. The number of phenolic OH excluding ortho intramolecular Hbond substituents is 2. The number of nitrogens with one attached hydrogen (secondary N) is 1. The molecule has 23 heavy (non-hydrogen) atoms. The van der Waals surface area contributed by atoms with Gasteiger partial charge in [-0.2, -0.15) is 0 Å². The highest BCUT2D eigenvalue weighted by atomic mass is 16.6. The van der Waals surface area contributed by atoms with Gasteiger partial charge in [-0.1, -0.05) is 30.3 Å². The van der Waals surface area contributed by atoms with E-state index in [1.807, 2.05) is 30.3 Å². The molecule has 0 aromatic heterocycles. The molecule has 3 rings (SSSR count). The number of rotatable bonds is 3. The van der Waals surface area contributed by atoms with E-state index in [0.717, 1.165) is 18.7 Å². The first-order valence-electron chi connectivity index (χ1n) is 7.62. The lowest BCUT2D eigenvalue weighted by Gasteiger charge is -2.37. The molecule has 1 aliphatic rings. The van der Waals surface area contributed by atoms with Crippen molar-refractivity contribution >= 4 is 5.97 Å². The summed E-state index contributed by atoms with van der Waals surface area (Å²) in [7, 11) is 0. The largest absolute Gasteiger partial charge is 0.508 e. The minimum atomic E-state index is -0.721. The predicted molar refractivity (Wildman–Crippen MR) is 85.4 cm³/mol. The molecule has 0 radical (unpaired) electrons. The van der Waals surface area contributed by atoms with Crippen LogP contribution in [0.5, 0.6) is 11.5 Å². The molecule has 5 heteroatoms. The third-order valence-electron chi connectivity index (χ3n) is 4.20. The molecule has 0 unspecified atom stereocenters. The maximum Gasteiger partial charge on any atom is 0.342 e. The van der Waals surface area contributed by atoms with E-state index in [4.69, 9.17) is 4.74 Å². The molecule has 0 amide bonds. The van der Waals surface area contributed by atoms with Gasteiger partial charge in [0.2, 0.25) is 0 Å². The minimum absolute atomic E-state index is 0.0289. The average Bonchev–Trinajstić information content (AvgIpc) is 2.58. The fourth-order valence-corrected chi connectivity index (χ4v) is 2.94. The third-order valence-corrected chi connectivity index (χ3v) is 4.20. The summed E-state index contributed by atoms with van der Waals surface area (Å²) in [5.74, 6) is -0.928. The molecule has 1 heterocycles. The molecular weight excluding hydrogens is 294 g/mol. The van der Waals surface area contributed by atoms with E-state index < -0.39 is 11.6 Å². The Balaban J connectivity index is 1.93. The van der Waals surface area contributed by atoms with Crippen molar-refractivity contribution in [1.82, 2.24) is 5.32 Å². The number of benzene rings is 2. The molecule has 1 fully saturated rings. The Hall–Kier alpha value is -2.53. The summed E-state index contributed by atoms with van der Waals surface area (Å²) in [5.41, 5.74) is 0.190. The Morgan fingerprint density at radius 3 is 2.43 bits per heavy atom. The Kier molecular flexibility index (Phi) is 4.21. The first-order valence-corrected chi connectivity index (χ1v) is 7.62. The van der Waals surface area contributed by atoms with Gasteiger partial charge < -0.3 is 20.3 Å². The van der Waals surface area contributed by atoms with Crippen molar-refractivity contribution in [2.24, 2.45) is 0 Å². The third kappa shape index (κ3) is 3.14. The van der Waals surface area contributed by atoms with Gasteiger partial charge in [-0.3, -0.25) is 0 Å². The highest BCUT2D eigenvalue weighted by Gasteiger charge is 2.38. The fraction of sp³-hybridized carbons (Fsp3) is 0.278. The topological polar surface area (TPSA) is 78.8 Å². The minimum Gasteiger partial charge on any atom is -0.508 e. The second kappa shape index (κ2) is 6.30. The van der Waals surface area contributed by atoms with Gasteiger partial charge in [-0.25, -0.2) is 4.79 Å². The molecule has 2 aromatic rings. The first kappa shape index (κ1) is 15.4. The lowest BCUT2D eigenvalue weighted by atomic mass is 9.84. The van der Waals surface area contributed by atoms with Crippen LogP contribution in [0.4, 0.5) is 0 Å². The van der Waals surface area contributed by atoms with Crippen LogP contribution in [0.1, 0.15) is 28.8 Å². The van der Waals surface area contributed by atoms with Crippen LogP contribution < -0.4 is 5.32 Å². The van der Waals surface area contributed by atoms with Gasteiger partial charge in [0.25, 0.3) is 0 Å². The Morgan fingerprint density at radius 2 is 1.74 bits per heavy atom. The molecular formula is C18H19NO4.